The average Bonchev–Trinajstić information content (AvgIpc) is 3.10. The van der Waals surface area contributed by atoms with E-state index in [1.807, 2.05) is 121 Å². The highest BCUT2D eigenvalue weighted by atomic mass is 16.7. The first-order valence-corrected chi connectivity index (χ1v) is 16.5. The Bertz CT molecular complexity index is 1550. The standard InChI is InChI=1S/C40H46O9/c1-39(2,3)49-38(42)36(41)40(43)37(47-27-32-22-14-7-15-23-32)35(46-26-31-20-12-6-13-21-31)34(45-25-30-18-10-5-11-19-30)33(48-40)28-44-24-29-16-8-4-9-17-29/h4-23,33-37,41,43H,24-28H2,1-3H3/t33-,34-,35+,36-,37+,40+/m1/s1. The topological polar surface area (TPSA) is 113 Å². The number of benzene rings is 4. The van der Waals surface area contributed by atoms with Gasteiger partial charge in [0, 0.05) is 0 Å². The van der Waals surface area contributed by atoms with Gasteiger partial charge in [-0.1, -0.05) is 121 Å². The molecule has 2 N–H and O–H groups in total. The van der Waals surface area contributed by atoms with Crippen molar-refractivity contribution in [2.24, 2.45) is 0 Å². The Morgan fingerprint density at radius 2 is 1.08 bits per heavy atom. The molecule has 9 heteroatoms. The molecule has 1 aliphatic rings. The maximum absolute atomic E-state index is 13.4. The predicted molar refractivity (Wildman–Crippen MR) is 183 cm³/mol. The first-order valence-electron chi connectivity index (χ1n) is 16.5. The molecular weight excluding hydrogens is 624 g/mol. The summed E-state index contributed by atoms with van der Waals surface area (Å²) in [4.78, 5) is 13.4. The number of esters is 1. The highest BCUT2D eigenvalue weighted by Crippen LogP contribution is 2.38. The van der Waals surface area contributed by atoms with Crippen LogP contribution in [0.2, 0.25) is 0 Å². The van der Waals surface area contributed by atoms with Crippen LogP contribution in [0.25, 0.3) is 0 Å². The quantitative estimate of drug-likeness (QED) is 0.153. The van der Waals surface area contributed by atoms with Gasteiger partial charge in [0.25, 0.3) is 0 Å². The first-order chi connectivity index (χ1) is 23.6. The van der Waals surface area contributed by atoms with Crippen LogP contribution in [-0.2, 0) is 59.6 Å². The van der Waals surface area contributed by atoms with Crippen molar-refractivity contribution < 1.29 is 43.4 Å². The maximum atomic E-state index is 13.4. The average molecular weight is 671 g/mol. The van der Waals surface area contributed by atoms with Gasteiger partial charge < -0.3 is 38.6 Å². The van der Waals surface area contributed by atoms with E-state index in [0.717, 1.165) is 22.3 Å². The lowest BCUT2D eigenvalue weighted by atomic mass is 9.88. The van der Waals surface area contributed by atoms with Crippen LogP contribution < -0.4 is 0 Å². The highest BCUT2D eigenvalue weighted by Gasteiger charge is 2.62. The van der Waals surface area contributed by atoms with E-state index in [4.69, 9.17) is 28.4 Å². The summed E-state index contributed by atoms with van der Waals surface area (Å²) in [5, 5.41) is 24.0. The van der Waals surface area contributed by atoms with Crippen molar-refractivity contribution in [3.05, 3.63) is 144 Å². The second kappa shape index (κ2) is 17.1. The number of hydrogen-bond donors (Lipinski definition) is 2. The fraction of sp³-hybridized carbons (Fsp3) is 0.375. The van der Waals surface area contributed by atoms with Gasteiger partial charge in [-0.05, 0) is 43.0 Å². The van der Waals surface area contributed by atoms with Crippen LogP contribution in [0.3, 0.4) is 0 Å². The largest absolute Gasteiger partial charge is 0.458 e. The van der Waals surface area contributed by atoms with Crippen LogP contribution in [0.1, 0.15) is 43.0 Å². The van der Waals surface area contributed by atoms with Gasteiger partial charge in [-0.2, -0.15) is 0 Å². The van der Waals surface area contributed by atoms with Gasteiger partial charge in [0.1, 0.15) is 30.0 Å². The molecule has 0 radical (unpaired) electrons. The van der Waals surface area contributed by atoms with Gasteiger partial charge in [-0.3, -0.25) is 0 Å². The lowest BCUT2D eigenvalue weighted by Crippen LogP contribution is -2.72. The number of hydrogen-bond acceptors (Lipinski definition) is 9. The fourth-order valence-electron chi connectivity index (χ4n) is 5.63. The Labute approximate surface area is 288 Å². The predicted octanol–water partition coefficient (Wildman–Crippen LogP) is 5.75. The molecular formula is C40H46O9. The van der Waals surface area contributed by atoms with Crippen LogP contribution in [0.5, 0.6) is 0 Å². The Hall–Kier alpha value is -3.93. The van der Waals surface area contributed by atoms with E-state index in [0.29, 0.717) is 0 Å². The van der Waals surface area contributed by atoms with E-state index >= 15 is 0 Å². The van der Waals surface area contributed by atoms with Gasteiger partial charge >= 0.3 is 5.97 Å². The van der Waals surface area contributed by atoms with E-state index in [9.17, 15) is 15.0 Å². The van der Waals surface area contributed by atoms with Crippen LogP contribution in [-0.4, -0.2) is 64.7 Å². The Morgan fingerprint density at radius 3 is 1.53 bits per heavy atom. The third-order valence-corrected chi connectivity index (χ3v) is 7.99. The van der Waals surface area contributed by atoms with Crippen LogP contribution in [0.15, 0.2) is 121 Å². The minimum Gasteiger partial charge on any atom is -0.458 e. The number of carbonyl (C=O) groups is 1. The minimum absolute atomic E-state index is 0.0178. The van der Waals surface area contributed by atoms with Crippen molar-refractivity contribution in [1.29, 1.82) is 0 Å². The molecule has 0 saturated carbocycles. The number of ether oxygens (including phenoxy) is 6. The zero-order valence-electron chi connectivity index (χ0n) is 28.2. The molecule has 0 amide bonds. The lowest BCUT2D eigenvalue weighted by molar-refractivity contribution is -0.390. The smallest absolute Gasteiger partial charge is 0.341 e. The van der Waals surface area contributed by atoms with E-state index < -0.39 is 47.9 Å². The van der Waals surface area contributed by atoms with Gasteiger partial charge in [-0.25, -0.2) is 4.79 Å². The molecule has 49 heavy (non-hydrogen) atoms. The van der Waals surface area contributed by atoms with Gasteiger partial charge in [0.2, 0.25) is 11.9 Å². The summed E-state index contributed by atoms with van der Waals surface area (Å²) < 4.78 is 37.5. The third kappa shape index (κ3) is 10.3. The summed E-state index contributed by atoms with van der Waals surface area (Å²) in [5.41, 5.74) is 2.56. The van der Waals surface area contributed by atoms with Crippen molar-refractivity contribution >= 4 is 5.97 Å². The van der Waals surface area contributed by atoms with Gasteiger partial charge in [0.05, 0.1) is 33.0 Å². The summed E-state index contributed by atoms with van der Waals surface area (Å²) in [6.07, 6.45) is -6.50. The highest BCUT2D eigenvalue weighted by molar-refractivity contribution is 5.76. The molecule has 5 rings (SSSR count). The van der Waals surface area contributed by atoms with E-state index in [-0.39, 0.29) is 33.0 Å². The molecule has 1 aliphatic heterocycles. The summed E-state index contributed by atoms with van der Waals surface area (Å²) in [7, 11) is 0. The third-order valence-electron chi connectivity index (χ3n) is 7.99. The van der Waals surface area contributed by atoms with Crippen molar-refractivity contribution in [2.45, 2.75) is 89.1 Å². The van der Waals surface area contributed by atoms with Gasteiger partial charge in [0.15, 0.2) is 0 Å². The molecule has 4 aromatic rings. The Kier molecular flexibility index (Phi) is 12.7. The summed E-state index contributed by atoms with van der Waals surface area (Å²) >= 11 is 0. The molecule has 260 valence electrons. The molecule has 1 saturated heterocycles. The Balaban J connectivity index is 1.53. The fourth-order valence-corrected chi connectivity index (χ4v) is 5.63. The second-order valence-corrected chi connectivity index (χ2v) is 13.1. The molecule has 0 bridgehead atoms. The normalized spacial score (nSPS) is 23.1. The number of aliphatic hydroxyl groups is 2. The van der Waals surface area contributed by atoms with Crippen LogP contribution in [0.4, 0.5) is 0 Å². The zero-order valence-corrected chi connectivity index (χ0v) is 28.2. The van der Waals surface area contributed by atoms with Gasteiger partial charge in [-0.15, -0.1) is 0 Å². The molecule has 0 spiro atoms. The van der Waals surface area contributed by atoms with E-state index in [1.54, 1.807) is 20.8 Å². The zero-order chi connectivity index (χ0) is 34.7. The van der Waals surface area contributed by atoms with E-state index in [2.05, 4.69) is 0 Å². The number of aliphatic hydroxyl groups excluding tert-OH is 1. The molecule has 6 atom stereocenters. The maximum Gasteiger partial charge on any atom is 0.341 e. The SMILES string of the molecule is CC(C)(C)OC(=O)[C@@H](O)[C@]1(O)O[C@H](COCc2ccccc2)[C@@H](OCc2ccccc2)[C@H](OCc2ccccc2)[C@@H]1OCc1ccccc1. The summed E-state index contributed by atoms with van der Waals surface area (Å²) in [6.45, 7) is 5.54. The molecule has 1 fully saturated rings. The number of carbonyl (C=O) groups excluding carboxylic acids is 1. The monoisotopic (exact) mass is 670 g/mol. The first kappa shape index (κ1) is 36.4. The Morgan fingerprint density at radius 1 is 0.673 bits per heavy atom. The van der Waals surface area contributed by atoms with Crippen molar-refractivity contribution in [2.75, 3.05) is 6.61 Å². The van der Waals surface area contributed by atoms with E-state index in [1.165, 1.54) is 0 Å². The molecule has 0 aromatic heterocycles. The van der Waals surface area contributed by atoms with Crippen molar-refractivity contribution in [3.8, 4) is 0 Å². The molecule has 9 nitrogen and oxygen atoms in total. The van der Waals surface area contributed by atoms with Crippen molar-refractivity contribution in [3.63, 3.8) is 0 Å². The van der Waals surface area contributed by atoms with Crippen molar-refractivity contribution in [1.82, 2.24) is 0 Å². The molecule has 1 heterocycles. The second-order valence-electron chi connectivity index (χ2n) is 13.1. The van der Waals surface area contributed by atoms with Crippen LogP contribution in [0, 0.1) is 0 Å². The lowest BCUT2D eigenvalue weighted by Gasteiger charge is -2.51. The minimum atomic E-state index is -2.62. The summed E-state index contributed by atoms with van der Waals surface area (Å²) in [6, 6.07) is 38.2. The summed E-state index contributed by atoms with van der Waals surface area (Å²) in [5.74, 6) is -3.69. The number of rotatable bonds is 15. The molecule has 0 unspecified atom stereocenters. The molecule has 0 aliphatic carbocycles. The van der Waals surface area contributed by atoms with Crippen LogP contribution >= 0.6 is 0 Å². The molecule has 4 aromatic carbocycles.